The Kier molecular flexibility index (Phi) is 3.12. The summed E-state index contributed by atoms with van der Waals surface area (Å²) in [7, 11) is 0. The number of hydrogen-bond donors (Lipinski definition) is 1. The lowest BCUT2D eigenvalue weighted by atomic mass is 10.2. The highest BCUT2D eigenvalue weighted by Crippen LogP contribution is 2.29. The average molecular weight is 217 g/mol. The van der Waals surface area contributed by atoms with Gasteiger partial charge in [-0.1, -0.05) is 0 Å². The van der Waals surface area contributed by atoms with Crippen molar-refractivity contribution in [3.63, 3.8) is 0 Å². The highest BCUT2D eigenvalue weighted by molar-refractivity contribution is 5.89. The summed E-state index contributed by atoms with van der Waals surface area (Å²) in [5.41, 5.74) is -0.177. The molecule has 0 unspecified atom stereocenters. The maximum atomic E-state index is 12.7. The van der Waals surface area contributed by atoms with E-state index in [0.717, 1.165) is 0 Å². The molecule has 1 N–H and O–H groups in total. The standard InChI is InChI=1S/C10H13F2NO2/c1-5(2)13-6(3)4-7(10(14)15)8(13)9(11)12/h4-5,9H,1-3H3,(H,14,15). The molecule has 1 rings (SSSR count). The predicted molar refractivity (Wildman–Crippen MR) is 51.5 cm³/mol. The summed E-state index contributed by atoms with van der Waals surface area (Å²) in [5, 5.41) is 8.79. The summed E-state index contributed by atoms with van der Waals surface area (Å²) in [6.45, 7) is 5.10. The zero-order chi connectivity index (χ0) is 11.7. The fourth-order valence-electron chi connectivity index (χ4n) is 1.75. The molecule has 0 amide bonds. The third kappa shape index (κ3) is 2.00. The van der Waals surface area contributed by atoms with E-state index in [2.05, 4.69) is 0 Å². The Bertz CT molecular complexity index is 383. The molecular formula is C10H13F2NO2. The second-order valence-corrected chi connectivity index (χ2v) is 3.65. The minimum Gasteiger partial charge on any atom is -0.478 e. The molecule has 3 nitrogen and oxygen atoms in total. The van der Waals surface area contributed by atoms with Crippen LogP contribution in [0.25, 0.3) is 0 Å². The summed E-state index contributed by atoms with van der Waals surface area (Å²) < 4.78 is 26.8. The Morgan fingerprint density at radius 3 is 2.33 bits per heavy atom. The lowest BCUT2D eigenvalue weighted by Crippen LogP contribution is -2.10. The largest absolute Gasteiger partial charge is 0.478 e. The monoisotopic (exact) mass is 217 g/mol. The maximum absolute atomic E-state index is 12.7. The Labute approximate surface area is 86.3 Å². The zero-order valence-electron chi connectivity index (χ0n) is 8.79. The van der Waals surface area contributed by atoms with Crippen LogP contribution in [0, 0.1) is 6.92 Å². The third-order valence-corrected chi connectivity index (χ3v) is 2.22. The van der Waals surface area contributed by atoms with Gasteiger partial charge in [0.05, 0.1) is 11.3 Å². The molecular weight excluding hydrogens is 204 g/mol. The van der Waals surface area contributed by atoms with Crippen molar-refractivity contribution in [3.05, 3.63) is 23.0 Å². The summed E-state index contributed by atoms with van der Waals surface area (Å²) in [4.78, 5) is 10.8. The molecule has 15 heavy (non-hydrogen) atoms. The second-order valence-electron chi connectivity index (χ2n) is 3.65. The van der Waals surface area contributed by atoms with Gasteiger partial charge in [0.2, 0.25) is 0 Å². The number of aryl methyl sites for hydroxylation is 1. The number of aromatic carboxylic acids is 1. The highest BCUT2D eigenvalue weighted by atomic mass is 19.3. The van der Waals surface area contributed by atoms with Crippen LogP contribution in [0.5, 0.6) is 0 Å². The van der Waals surface area contributed by atoms with Crippen LogP contribution in [0.4, 0.5) is 8.78 Å². The van der Waals surface area contributed by atoms with Crippen molar-refractivity contribution >= 4 is 5.97 Å². The summed E-state index contributed by atoms with van der Waals surface area (Å²) in [5.74, 6) is -1.31. The fourth-order valence-corrected chi connectivity index (χ4v) is 1.75. The number of carboxylic acid groups (broad SMARTS) is 1. The van der Waals surface area contributed by atoms with Crippen LogP contribution >= 0.6 is 0 Å². The van der Waals surface area contributed by atoms with Gasteiger partial charge in [-0.15, -0.1) is 0 Å². The van der Waals surface area contributed by atoms with Crippen LogP contribution in [0.3, 0.4) is 0 Å². The smallest absolute Gasteiger partial charge is 0.337 e. The first-order valence-corrected chi connectivity index (χ1v) is 4.59. The molecule has 5 heteroatoms. The fraction of sp³-hybridized carbons (Fsp3) is 0.500. The third-order valence-electron chi connectivity index (χ3n) is 2.22. The minimum atomic E-state index is -2.77. The predicted octanol–water partition coefficient (Wildman–Crippen LogP) is 3.01. The van der Waals surface area contributed by atoms with Crippen molar-refractivity contribution in [2.75, 3.05) is 0 Å². The maximum Gasteiger partial charge on any atom is 0.337 e. The first kappa shape index (κ1) is 11.7. The molecule has 0 aliphatic heterocycles. The molecule has 1 aromatic rings. The average Bonchev–Trinajstić information content (AvgIpc) is 2.42. The van der Waals surface area contributed by atoms with Gasteiger partial charge < -0.3 is 9.67 Å². The van der Waals surface area contributed by atoms with E-state index in [-0.39, 0.29) is 11.6 Å². The molecule has 0 atom stereocenters. The molecule has 0 aliphatic carbocycles. The highest BCUT2D eigenvalue weighted by Gasteiger charge is 2.25. The van der Waals surface area contributed by atoms with Crippen molar-refractivity contribution in [1.29, 1.82) is 0 Å². The van der Waals surface area contributed by atoms with Crippen LogP contribution in [0.1, 0.15) is 48.1 Å². The van der Waals surface area contributed by atoms with Gasteiger partial charge in [-0.25, -0.2) is 13.6 Å². The van der Waals surface area contributed by atoms with Gasteiger partial charge in [-0.05, 0) is 26.8 Å². The van der Waals surface area contributed by atoms with Crippen LogP contribution in [0.15, 0.2) is 6.07 Å². The summed E-state index contributed by atoms with van der Waals surface area (Å²) >= 11 is 0. The van der Waals surface area contributed by atoms with Crippen LogP contribution in [0.2, 0.25) is 0 Å². The number of hydrogen-bond acceptors (Lipinski definition) is 1. The van der Waals surface area contributed by atoms with Gasteiger partial charge in [0.1, 0.15) is 0 Å². The Morgan fingerprint density at radius 2 is 2.00 bits per heavy atom. The number of carbonyl (C=O) groups is 1. The number of halogens is 2. The first-order chi connectivity index (χ1) is 6.86. The molecule has 0 aromatic carbocycles. The van der Waals surface area contributed by atoms with Crippen LogP contribution in [-0.4, -0.2) is 15.6 Å². The second kappa shape index (κ2) is 4.00. The lowest BCUT2D eigenvalue weighted by molar-refractivity contribution is 0.0681. The van der Waals surface area contributed by atoms with E-state index in [1.807, 2.05) is 0 Å². The molecule has 84 valence electrons. The lowest BCUT2D eigenvalue weighted by Gasteiger charge is -2.15. The molecule has 0 radical (unpaired) electrons. The Morgan fingerprint density at radius 1 is 1.47 bits per heavy atom. The summed E-state index contributed by atoms with van der Waals surface area (Å²) in [6, 6.07) is 1.10. The van der Waals surface area contributed by atoms with Crippen molar-refractivity contribution in [3.8, 4) is 0 Å². The molecule has 0 saturated carbocycles. The number of aromatic nitrogens is 1. The molecule has 0 aliphatic rings. The van der Waals surface area contributed by atoms with E-state index in [1.54, 1.807) is 20.8 Å². The van der Waals surface area contributed by atoms with E-state index in [0.29, 0.717) is 5.69 Å². The number of rotatable bonds is 3. The molecule has 0 fully saturated rings. The van der Waals surface area contributed by atoms with E-state index in [4.69, 9.17) is 5.11 Å². The molecule has 0 bridgehead atoms. The van der Waals surface area contributed by atoms with E-state index < -0.39 is 18.1 Å². The van der Waals surface area contributed by atoms with Gasteiger partial charge in [0.15, 0.2) is 0 Å². The van der Waals surface area contributed by atoms with Crippen molar-refractivity contribution in [2.45, 2.75) is 33.2 Å². The number of nitrogens with zero attached hydrogens (tertiary/aromatic N) is 1. The normalized spacial score (nSPS) is 11.4. The van der Waals surface area contributed by atoms with E-state index >= 15 is 0 Å². The van der Waals surface area contributed by atoms with E-state index in [1.165, 1.54) is 10.6 Å². The molecule has 1 aromatic heterocycles. The first-order valence-electron chi connectivity index (χ1n) is 4.59. The van der Waals surface area contributed by atoms with Crippen molar-refractivity contribution < 1.29 is 18.7 Å². The molecule has 0 saturated heterocycles. The van der Waals surface area contributed by atoms with Gasteiger partial charge in [0, 0.05) is 11.7 Å². The minimum absolute atomic E-state index is 0.179. The number of alkyl halides is 2. The summed E-state index contributed by atoms with van der Waals surface area (Å²) in [6.07, 6.45) is -2.77. The van der Waals surface area contributed by atoms with E-state index in [9.17, 15) is 13.6 Å². The Balaban J connectivity index is 3.44. The molecule has 1 heterocycles. The van der Waals surface area contributed by atoms with Crippen LogP contribution in [-0.2, 0) is 0 Å². The topological polar surface area (TPSA) is 42.2 Å². The van der Waals surface area contributed by atoms with Gasteiger partial charge in [-0.3, -0.25) is 0 Å². The van der Waals surface area contributed by atoms with Crippen LogP contribution < -0.4 is 0 Å². The van der Waals surface area contributed by atoms with Crippen molar-refractivity contribution in [2.24, 2.45) is 0 Å². The van der Waals surface area contributed by atoms with Gasteiger partial charge in [0.25, 0.3) is 6.43 Å². The SMILES string of the molecule is Cc1cc(C(=O)O)c(C(F)F)n1C(C)C. The molecule has 0 spiro atoms. The van der Waals surface area contributed by atoms with Gasteiger partial charge in [-0.2, -0.15) is 0 Å². The number of carboxylic acids is 1. The van der Waals surface area contributed by atoms with Gasteiger partial charge >= 0.3 is 5.97 Å². The Hall–Kier alpha value is -1.39. The van der Waals surface area contributed by atoms with Crippen molar-refractivity contribution in [1.82, 2.24) is 4.57 Å². The zero-order valence-corrected chi connectivity index (χ0v) is 8.79. The quantitative estimate of drug-likeness (QED) is 0.845.